The fraction of sp³-hybridized carbons (Fsp3) is 0.611. The van der Waals surface area contributed by atoms with E-state index in [-0.39, 0.29) is 5.41 Å². The van der Waals surface area contributed by atoms with Gasteiger partial charge in [-0.1, -0.05) is 44.2 Å². The van der Waals surface area contributed by atoms with Gasteiger partial charge in [-0.15, -0.1) is 0 Å². The Morgan fingerprint density at radius 1 is 1.14 bits per heavy atom. The zero-order chi connectivity index (χ0) is 16.4. The summed E-state index contributed by atoms with van der Waals surface area (Å²) in [6.07, 6.45) is 2.20. The van der Waals surface area contributed by atoms with Crippen LogP contribution in [0.3, 0.4) is 0 Å². The number of nitrogens with one attached hydrogen (secondary N) is 2. The van der Waals surface area contributed by atoms with Crippen LogP contribution in [0.4, 0.5) is 0 Å². The van der Waals surface area contributed by atoms with Crippen molar-refractivity contribution >= 4 is 5.96 Å². The third kappa shape index (κ3) is 8.03. The summed E-state index contributed by atoms with van der Waals surface area (Å²) < 4.78 is 0. The van der Waals surface area contributed by atoms with Gasteiger partial charge in [0.15, 0.2) is 5.96 Å². The van der Waals surface area contributed by atoms with Gasteiger partial charge < -0.3 is 15.5 Å². The molecule has 0 fully saturated rings. The van der Waals surface area contributed by atoms with Crippen molar-refractivity contribution in [1.29, 1.82) is 0 Å². The van der Waals surface area contributed by atoms with Crippen LogP contribution in [-0.4, -0.2) is 51.6 Å². The van der Waals surface area contributed by atoms with Gasteiger partial charge in [0, 0.05) is 26.7 Å². The maximum Gasteiger partial charge on any atom is 0.190 e. The summed E-state index contributed by atoms with van der Waals surface area (Å²) in [5, 5.41) is 6.82. The Labute approximate surface area is 136 Å². The lowest BCUT2D eigenvalue weighted by molar-refractivity contribution is 0.241. The summed E-state index contributed by atoms with van der Waals surface area (Å²) in [5.74, 6) is 0.889. The highest BCUT2D eigenvalue weighted by Crippen LogP contribution is 2.13. The first kappa shape index (κ1) is 18.5. The van der Waals surface area contributed by atoms with Gasteiger partial charge in [-0.25, -0.2) is 0 Å². The highest BCUT2D eigenvalue weighted by Gasteiger charge is 2.19. The van der Waals surface area contributed by atoms with E-state index < -0.39 is 0 Å². The molecule has 0 atom stereocenters. The van der Waals surface area contributed by atoms with Crippen molar-refractivity contribution in [3.63, 3.8) is 0 Å². The van der Waals surface area contributed by atoms with Crippen LogP contribution < -0.4 is 10.6 Å². The van der Waals surface area contributed by atoms with Crippen molar-refractivity contribution in [2.45, 2.75) is 26.7 Å². The Balaban J connectivity index is 2.25. The monoisotopic (exact) mass is 304 g/mol. The molecule has 4 nitrogen and oxygen atoms in total. The van der Waals surface area contributed by atoms with E-state index in [1.165, 1.54) is 5.56 Å². The van der Waals surface area contributed by atoms with E-state index in [2.05, 4.69) is 78.8 Å². The molecule has 1 aromatic carbocycles. The Morgan fingerprint density at radius 2 is 1.82 bits per heavy atom. The second kappa shape index (κ2) is 9.46. The molecule has 0 aliphatic heterocycles. The molecule has 0 radical (unpaired) electrons. The third-order valence-corrected chi connectivity index (χ3v) is 3.48. The Morgan fingerprint density at radius 3 is 2.41 bits per heavy atom. The molecule has 0 amide bonds. The van der Waals surface area contributed by atoms with Gasteiger partial charge in [0.05, 0.1) is 0 Å². The lowest BCUT2D eigenvalue weighted by Gasteiger charge is -2.29. The normalized spacial score (nSPS) is 12.5. The summed E-state index contributed by atoms with van der Waals surface area (Å²) in [7, 11) is 6.04. The Bertz CT molecular complexity index is 438. The number of benzene rings is 1. The average molecular weight is 304 g/mol. The zero-order valence-electron chi connectivity index (χ0n) is 14.8. The lowest BCUT2D eigenvalue weighted by Crippen LogP contribution is -2.45. The standard InChI is InChI=1S/C18H32N4/c1-18(2,15-22(4)5)14-21-17(19-3)20-13-9-12-16-10-7-6-8-11-16/h6-8,10-11H,9,12-15H2,1-5H3,(H2,19,20,21). The summed E-state index contributed by atoms with van der Waals surface area (Å²) in [6, 6.07) is 10.6. The smallest absolute Gasteiger partial charge is 0.190 e. The van der Waals surface area contributed by atoms with Crippen LogP contribution >= 0.6 is 0 Å². The number of nitrogens with zero attached hydrogens (tertiary/aromatic N) is 2. The minimum absolute atomic E-state index is 0.213. The molecule has 0 heterocycles. The number of guanidine groups is 1. The molecule has 4 heteroatoms. The number of aryl methyl sites for hydroxylation is 1. The molecular weight excluding hydrogens is 272 g/mol. The van der Waals surface area contributed by atoms with Crippen molar-refractivity contribution < 1.29 is 0 Å². The minimum Gasteiger partial charge on any atom is -0.356 e. The SMILES string of the molecule is CN=C(NCCCc1ccccc1)NCC(C)(C)CN(C)C. The van der Waals surface area contributed by atoms with Crippen molar-refractivity contribution in [1.82, 2.24) is 15.5 Å². The predicted molar refractivity (Wildman–Crippen MR) is 96.5 cm³/mol. The zero-order valence-corrected chi connectivity index (χ0v) is 14.8. The number of rotatable bonds is 8. The van der Waals surface area contributed by atoms with E-state index in [0.717, 1.165) is 38.4 Å². The average Bonchev–Trinajstić information content (AvgIpc) is 2.46. The predicted octanol–water partition coefficient (Wildman–Crippen LogP) is 2.37. The number of aliphatic imine (C=N–C) groups is 1. The minimum atomic E-state index is 0.213. The molecule has 0 aliphatic carbocycles. The quantitative estimate of drug-likeness (QED) is 0.440. The maximum absolute atomic E-state index is 4.30. The Hall–Kier alpha value is -1.55. The molecule has 1 aromatic rings. The first-order chi connectivity index (χ1) is 10.4. The van der Waals surface area contributed by atoms with Crippen molar-refractivity contribution in [2.75, 3.05) is 40.8 Å². The highest BCUT2D eigenvalue weighted by atomic mass is 15.2. The summed E-state index contributed by atoms with van der Waals surface area (Å²) in [6.45, 7) is 7.42. The molecule has 2 N–H and O–H groups in total. The molecule has 0 spiro atoms. The van der Waals surface area contributed by atoms with Gasteiger partial charge in [-0.2, -0.15) is 0 Å². The fourth-order valence-electron chi connectivity index (χ4n) is 2.60. The van der Waals surface area contributed by atoms with Crippen LogP contribution in [0, 0.1) is 5.41 Å². The molecular formula is C18H32N4. The van der Waals surface area contributed by atoms with Gasteiger partial charge in [0.2, 0.25) is 0 Å². The lowest BCUT2D eigenvalue weighted by atomic mass is 9.93. The van der Waals surface area contributed by atoms with Crippen molar-refractivity contribution in [3.05, 3.63) is 35.9 Å². The van der Waals surface area contributed by atoms with E-state index in [1.54, 1.807) is 0 Å². The topological polar surface area (TPSA) is 39.7 Å². The molecule has 0 saturated heterocycles. The van der Waals surface area contributed by atoms with E-state index >= 15 is 0 Å². The second-order valence-corrected chi connectivity index (χ2v) is 6.84. The van der Waals surface area contributed by atoms with Gasteiger partial charge in [-0.05, 0) is 37.9 Å². The highest BCUT2D eigenvalue weighted by molar-refractivity contribution is 5.79. The fourth-order valence-corrected chi connectivity index (χ4v) is 2.60. The molecule has 0 aromatic heterocycles. The number of hydrogen-bond acceptors (Lipinski definition) is 2. The number of hydrogen-bond donors (Lipinski definition) is 2. The molecule has 0 unspecified atom stereocenters. The second-order valence-electron chi connectivity index (χ2n) is 6.84. The summed E-state index contributed by atoms with van der Waals surface area (Å²) in [5.41, 5.74) is 1.60. The largest absolute Gasteiger partial charge is 0.356 e. The van der Waals surface area contributed by atoms with Crippen LogP contribution in [0.2, 0.25) is 0 Å². The van der Waals surface area contributed by atoms with Crippen LogP contribution in [0.15, 0.2) is 35.3 Å². The summed E-state index contributed by atoms with van der Waals surface area (Å²) in [4.78, 5) is 6.52. The third-order valence-electron chi connectivity index (χ3n) is 3.48. The molecule has 124 valence electrons. The molecule has 22 heavy (non-hydrogen) atoms. The van der Waals surface area contributed by atoms with E-state index in [1.807, 2.05) is 7.05 Å². The van der Waals surface area contributed by atoms with E-state index in [4.69, 9.17) is 0 Å². The van der Waals surface area contributed by atoms with Crippen LogP contribution in [-0.2, 0) is 6.42 Å². The van der Waals surface area contributed by atoms with Gasteiger partial charge in [-0.3, -0.25) is 4.99 Å². The van der Waals surface area contributed by atoms with Gasteiger partial charge >= 0.3 is 0 Å². The van der Waals surface area contributed by atoms with Crippen molar-refractivity contribution in [3.8, 4) is 0 Å². The van der Waals surface area contributed by atoms with E-state index in [0.29, 0.717) is 0 Å². The molecule has 0 bridgehead atoms. The van der Waals surface area contributed by atoms with Crippen LogP contribution in [0.25, 0.3) is 0 Å². The first-order valence-corrected chi connectivity index (χ1v) is 8.06. The van der Waals surface area contributed by atoms with Gasteiger partial charge in [0.25, 0.3) is 0 Å². The Kier molecular flexibility index (Phi) is 7.96. The van der Waals surface area contributed by atoms with E-state index in [9.17, 15) is 0 Å². The molecule has 1 rings (SSSR count). The summed E-state index contributed by atoms with van der Waals surface area (Å²) >= 11 is 0. The molecule has 0 aliphatic rings. The van der Waals surface area contributed by atoms with Crippen molar-refractivity contribution in [2.24, 2.45) is 10.4 Å². The molecule has 0 saturated carbocycles. The van der Waals surface area contributed by atoms with Gasteiger partial charge in [0.1, 0.15) is 0 Å². The van der Waals surface area contributed by atoms with Crippen LogP contribution in [0.1, 0.15) is 25.8 Å². The van der Waals surface area contributed by atoms with Crippen LogP contribution in [0.5, 0.6) is 0 Å². The maximum atomic E-state index is 4.30. The first-order valence-electron chi connectivity index (χ1n) is 8.06.